The summed E-state index contributed by atoms with van der Waals surface area (Å²) in [7, 11) is -2.28. The van der Waals surface area contributed by atoms with Crippen LogP contribution < -0.4 is 10.0 Å². The molecule has 0 saturated carbocycles. The fourth-order valence-corrected chi connectivity index (χ4v) is 3.46. The summed E-state index contributed by atoms with van der Waals surface area (Å²) >= 11 is 5.94. The van der Waals surface area contributed by atoms with Gasteiger partial charge in [0.25, 0.3) is 10.2 Å². The van der Waals surface area contributed by atoms with E-state index in [4.69, 9.17) is 11.6 Å². The Hall–Kier alpha value is -0.190. The molecule has 1 aromatic rings. The van der Waals surface area contributed by atoms with Gasteiger partial charge in [-0.15, -0.1) is 24.8 Å². The van der Waals surface area contributed by atoms with Crippen LogP contribution in [-0.2, 0) is 16.8 Å². The van der Waals surface area contributed by atoms with Gasteiger partial charge in [-0.3, -0.25) is 4.90 Å². The van der Waals surface area contributed by atoms with E-state index in [1.807, 2.05) is 0 Å². The van der Waals surface area contributed by atoms with E-state index in [1.54, 1.807) is 0 Å². The summed E-state index contributed by atoms with van der Waals surface area (Å²) in [4.78, 5) is 2.19. The largest absolute Gasteiger partial charge is 0.314 e. The van der Waals surface area contributed by atoms with E-state index in [1.165, 1.54) is 25.2 Å². The van der Waals surface area contributed by atoms with Crippen molar-refractivity contribution >= 4 is 46.6 Å². The highest BCUT2D eigenvalue weighted by Gasteiger charge is 2.20. The Morgan fingerprint density at radius 2 is 1.96 bits per heavy atom. The Bertz CT molecular complexity index is 610. The maximum Gasteiger partial charge on any atom is 0.279 e. The van der Waals surface area contributed by atoms with Crippen molar-refractivity contribution in [3.8, 4) is 0 Å². The third kappa shape index (κ3) is 7.52. The van der Waals surface area contributed by atoms with Crippen molar-refractivity contribution in [2.45, 2.75) is 6.54 Å². The molecule has 146 valence electrons. The standard InChI is InChI=1S/C14H22ClFN4O2S.2ClH/c1-19(11-12-13(15)3-2-4-14(12)16)23(21,22)18-7-10-20-8-5-17-6-9-20;;/h2-4,17-18H,5-11H2,1H3;2*1H. The summed E-state index contributed by atoms with van der Waals surface area (Å²) in [6, 6.07) is 4.29. The molecule has 1 fully saturated rings. The summed E-state index contributed by atoms with van der Waals surface area (Å²) in [6.07, 6.45) is 0. The van der Waals surface area contributed by atoms with E-state index >= 15 is 0 Å². The first-order valence-corrected chi connectivity index (χ1v) is 9.29. The number of piperazine rings is 1. The van der Waals surface area contributed by atoms with Gasteiger partial charge in [0.05, 0.1) is 0 Å². The van der Waals surface area contributed by atoms with E-state index in [2.05, 4.69) is 14.9 Å². The fourth-order valence-electron chi connectivity index (χ4n) is 2.37. The Balaban J connectivity index is 0.00000288. The van der Waals surface area contributed by atoms with Crippen LogP contribution in [0, 0.1) is 5.82 Å². The first kappa shape index (κ1) is 24.8. The zero-order valence-electron chi connectivity index (χ0n) is 13.9. The number of nitrogens with zero attached hydrogens (tertiary/aromatic N) is 2. The lowest BCUT2D eigenvalue weighted by atomic mass is 10.2. The second-order valence-electron chi connectivity index (χ2n) is 5.45. The highest BCUT2D eigenvalue weighted by molar-refractivity contribution is 7.87. The van der Waals surface area contributed by atoms with Crippen LogP contribution in [0.2, 0.25) is 5.02 Å². The Kier molecular flexibility index (Phi) is 11.4. The second-order valence-corrected chi connectivity index (χ2v) is 7.72. The lowest BCUT2D eigenvalue weighted by molar-refractivity contribution is 0.244. The highest BCUT2D eigenvalue weighted by atomic mass is 35.5. The number of nitrogens with one attached hydrogen (secondary N) is 2. The van der Waals surface area contributed by atoms with Crippen LogP contribution >= 0.6 is 36.4 Å². The molecule has 1 aliphatic rings. The van der Waals surface area contributed by atoms with Crippen molar-refractivity contribution in [1.82, 2.24) is 19.2 Å². The summed E-state index contributed by atoms with van der Waals surface area (Å²) in [5.41, 5.74) is 0.171. The molecular formula is C14H24Cl3FN4O2S. The van der Waals surface area contributed by atoms with Gasteiger partial charge in [0, 0.05) is 63.4 Å². The molecule has 2 N–H and O–H groups in total. The molecule has 1 aromatic carbocycles. The number of benzene rings is 1. The number of halogens is 4. The van der Waals surface area contributed by atoms with Crippen LogP contribution in [0.3, 0.4) is 0 Å². The van der Waals surface area contributed by atoms with Crippen molar-refractivity contribution in [2.75, 3.05) is 46.3 Å². The molecule has 0 unspecified atom stereocenters. The molecule has 1 saturated heterocycles. The quantitative estimate of drug-likeness (QED) is 0.678. The first-order valence-electron chi connectivity index (χ1n) is 7.47. The number of hydrogen-bond acceptors (Lipinski definition) is 4. The predicted octanol–water partition coefficient (Wildman–Crippen LogP) is 1.49. The monoisotopic (exact) mass is 436 g/mol. The van der Waals surface area contributed by atoms with Crippen LogP contribution in [-0.4, -0.2) is 63.9 Å². The van der Waals surface area contributed by atoms with Gasteiger partial charge in [-0.1, -0.05) is 17.7 Å². The average molecular weight is 438 g/mol. The SMILES string of the molecule is CN(Cc1c(F)cccc1Cl)S(=O)(=O)NCCN1CCNCC1.Cl.Cl. The molecule has 1 heterocycles. The van der Waals surface area contributed by atoms with Gasteiger partial charge in [-0.2, -0.15) is 12.7 Å². The maximum absolute atomic E-state index is 13.8. The maximum atomic E-state index is 13.8. The van der Waals surface area contributed by atoms with Crippen molar-refractivity contribution in [3.63, 3.8) is 0 Å². The molecule has 0 spiro atoms. The first-order chi connectivity index (χ1) is 10.9. The van der Waals surface area contributed by atoms with Gasteiger partial charge in [0.1, 0.15) is 5.82 Å². The third-order valence-corrected chi connectivity index (χ3v) is 5.65. The highest BCUT2D eigenvalue weighted by Crippen LogP contribution is 2.20. The molecule has 0 aliphatic carbocycles. The molecule has 0 aromatic heterocycles. The van der Waals surface area contributed by atoms with Crippen molar-refractivity contribution in [3.05, 3.63) is 34.6 Å². The average Bonchev–Trinajstić information content (AvgIpc) is 2.51. The van der Waals surface area contributed by atoms with Crippen LogP contribution in [0.5, 0.6) is 0 Å². The van der Waals surface area contributed by atoms with Gasteiger partial charge in [0.2, 0.25) is 0 Å². The minimum atomic E-state index is -3.68. The molecule has 25 heavy (non-hydrogen) atoms. The summed E-state index contributed by atoms with van der Waals surface area (Å²) < 4.78 is 41.8. The van der Waals surface area contributed by atoms with E-state index < -0.39 is 16.0 Å². The molecule has 0 amide bonds. The summed E-state index contributed by atoms with van der Waals surface area (Å²) in [5, 5.41) is 3.46. The molecule has 1 aliphatic heterocycles. The smallest absolute Gasteiger partial charge is 0.279 e. The van der Waals surface area contributed by atoms with Gasteiger partial charge in [0.15, 0.2) is 0 Å². The molecule has 0 atom stereocenters. The minimum Gasteiger partial charge on any atom is -0.314 e. The Labute approximate surface area is 166 Å². The fraction of sp³-hybridized carbons (Fsp3) is 0.571. The Morgan fingerprint density at radius 1 is 1.32 bits per heavy atom. The lowest BCUT2D eigenvalue weighted by Crippen LogP contribution is -2.47. The number of hydrogen-bond donors (Lipinski definition) is 2. The van der Waals surface area contributed by atoms with Gasteiger partial charge < -0.3 is 5.32 Å². The zero-order valence-corrected chi connectivity index (χ0v) is 17.1. The van der Waals surface area contributed by atoms with E-state index in [0.29, 0.717) is 13.1 Å². The summed E-state index contributed by atoms with van der Waals surface area (Å²) in [5.74, 6) is -0.514. The lowest BCUT2D eigenvalue weighted by Gasteiger charge is -2.27. The third-order valence-electron chi connectivity index (χ3n) is 3.77. The van der Waals surface area contributed by atoms with Gasteiger partial charge in [-0.25, -0.2) is 9.11 Å². The molecule has 11 heteroatoms. The molecule has 2 rings (SSSR count). The van der Waals surface area contributed by atoms with E-state index in [0.717, 1.165) is 30.5 Å². The van der Waals surface area contributed by atoms with Crippen molar-refractivity contribution in [2.24, 2.45) is 0 Å². The van der Waals surface area contributed by atoms with Crippen molar-refractivity contribution < 1.29 is 12.8 Å². The number of rotatable bonds is 7. The van der Waals surface area contributed by atoms with Gasteiger partial charge >= 0.3 is 0 Å². The zero-order chi connectivity index (χ0) is 16.9. The van der Waals surface area contributed by atoms with Crippen LogP contribution in [0.4, 0.5) is 4.39 Å². The van der Waals surface area contributed by atoms with Crippen LogP contribution in [0.25, 0.3) is 0 Å². The van der Waals surface area contributed by atoms with E-state index in [-0.39, 0.29) is 41.9 Å². The normalized spacial score (nSPS) is 15.5. The predicted molar refractivity (Wildman–Crippen MR) is 104 cm³/mol. The second kappa shape index (κ2) is 11.5. The molecule has 6 nitrogen and oxygen atoms in total. The van der Waals surface area contributed by atoms with Crippen LogP contribution in [0.15, 0.2) is 18.2 Å². The van der Waals surface area contributed by atoms with Crippen LogP contribution in [0.1, 0.15) is 5.56 Å². The molecular weight excluding hydrogens is 414 g/mol. The molecule has 0 bridgehead atoms. The summed E-state index contributed by atoms with van der Waals surface area (Å²) in [6.45, 7) is 4.49. The molecule has 0 radical (unpaired) electrons. The van der Waals surface area contributed by atoms with Gasteiger partial charge in [-0.05, 0) is 12.1 Å². The minimum absolute atomic E-state index is 0. The topological polar surface area (TPSA) is 64.7 Å². The Morgan fingerprint density at radius 3 is 2.56 bits per heavy atom. The van der Waals surface area contributed by atoms with Crippen molar-refractivity contribution in [1.29, 1.82) is 0 Å². The van der Waals surface area contributed by atoms with E-state index in [9.17, 15) is 12.8 Å².